The molecular weight excluding hydrogens is 563 g/mol. The first-order chi connectivity index (χ1) is 22.3. The van der Waals surface area contributed by atoms with Crippen molar-refractivity contribution in [3.8, 4) is 22.3 Å². The van der Waals surface area contributed by atoms with Crippen LogP contribution in [0.1, 0.15) is 0 Å². The lowest BCUT2D eigenvalue weighted by Crippen LogP contribution is -1.92. The SMILES string of the molecule is c1ccc2cc(-c3ccc(Sc4c5ccccc5c(-c5cc6ccccc6c6ccccc56)c5cnccc45)cc3)ccc2c1. The fourth-order valence-electron chi connectivity index (χ4n) is 6.84. The summed E-state index contributed by atoms with van der Waals surface area (Å²) in [6.45, 7) is 0. The van der Waals surface area contributed by atoms with Crippen LogP contribution in [0.3, 0.4) is 0 Å². The molecular formula is C43H27NS. The van der Waals surface area contributed by atoms with Gasteiger partial charge in [0, 0.05) is 27.6 Å². The van der Waals surface area contributed by atoms with E-state index in [0.717, 1.165) is 0 Å². The Hall–Kier alpha value is -5.44. The smallest absolute Gasteiger partial charge is 0.0353 e. The van der Waals surface area contributed by atoms with Gasteiger partial charge in [0.25, 0.3) is 0 Å². The standard InChI is InChI=1S/C43H27NS/c1-2-10-30-25-31(18-17-28(30)9-1)29-19-21-33(22-20-29)45-43-38-16-8-7-15-37(38)42(41-27-44-24-23-39(41)43)40-26-32-11-3-4-12-34(32)35-13-5-6-14-36(35)40/h1-27H. The van der Waals surface area contributed by atoms with Crippen LogP contribution < -0.4 is 0 Å². The molecule has 45 heavy (non-hydrogen) atoms. The van der Waals surface area contributed by atoms with Crippen LogP contribution in [-0.2, 0) is 0 Å². The Morgan fingerprint density at radius 2 is 1.02 bits per heavy atom. The molecule has 0 saturated carbocycles. The average Bonchev–Trinajstić information content (AvgIpc) is 3.11. The van der Waals surface area contributed by atoms with Gasteiger partial charge in [-0.1, -0.05) is 133 Å². The fourth-order valence-corrected chi connectivity index (χ4v) is 7.93. The highest BCUT2D eigenvalue weighted by atomic mass is 32.2. The van der Waals surface area contributed by atoms with Gasteiger partial charge >= 0.3 is 0 Å². The molecule has 2 heteroatoms. The molecule has 0 atom stereocenters. The molecule has 210 valence electrons. The Bertz CT molecular complexity index is 2510. The summed E-state index contributed by atoms with van der Waals surface area (Å²) in [5.41, 5.74) is 4.95. The topological polar surface area (TPSA) is 12.9 Å². The highest BCUT2D eigenvalue weighted by Crippen LogP contribution is 2.47. The molecule has 0 radical (unpaired) electrons. The van der Waals surface area contributed by atoms with E-state index in [4.69, 9.17) is 0 Å². The van der Waals surface area contributed by atoms with E-state index in [1.165, 1.54) is 85.9 Å². The number of rotatable bonds is 4. The van der Waals surface area contributed by atoms with Gasteiger partial charge in [-0.05, 0) is 101 Å². The third kappa shape index (κ3) is 4.37. The molecule has 0 spiro atoms. The zero-order valence-corrected chi connectivity index (χ0v) is 25.3. The molecule has 0 bridgehead atoms. The lowest BCUT2D eigenvalue weighted by molar-refractivity contribution is 1.36. The maximum atomic E-state index is 4.65. The molecule has 1 nitrogen and oxygen atoms in total. The number of fused-ring (bicyclic) bond motifs is 6. The van der Waals surface area contributed by atoms with Gasteiger partial charge in [-0.2, -0.15) is 0 Å². The van der Waals surface area contributed by atoms with Gasteiger partial charge < -0.3 is 0 Å². The van der Waals surface area contributed by atoms with Crippen LogP contribution in [0.5, 0.6) is 0 Å². The summed E-state index contributed by atoms with van der Waals surface area (Å²) in [7, 11) is 0. The predicted molar refractivity (Wildman–Crippen MR) is 193 cm³/mol. The average molecular weight is 590 g/mol. The molecule has 0 aliphatic rings. The van der Waals surface area contributed by atoms with Gasteiger partial charge in [0.1, 0.15) is 0 Å². The van der Waals surface area contributed by atoms with E-state index >= 15 is 0 Å². The largest absolute Gasteiger partial charge is 0.264 e. The molecule has 0 aliphatic heterocycles. The lowest BCUT2D eigenvalue weighted by Gasteiger charge is -2.19. The van der Waals surface area contributed by atoms with Gasteiger partial charge in [0.05, 0.1) is 0 Å². The van der Waals surface area contributed by atoms with Crippen molar-refractivity contribution in [1.82, 2.24) is 4.98 Å². The van der Waals surface area contributed by atoms with E-state index in [-0.39, 0.29) is 0 Å². The van der Waals surface area contributed by atoms with Crippen LogP contribution in [-0.4, -0.2) is 4.98 Å². The Balaban J connectivity index is 1.22. The zero-order valence-electron chi connectivity index (χ0n) is 24.4. The second kappa shape index (κ2) is 10.6. The Morgan fingerprint density at radius 1 is 0.400 bits per heavy atom. The number of aromatic nitrogens is 1. The minimum Gasteiger partial charge on any atom is -0.264 e. The first-order valence-corrected chi connectivity index (χ1v) is 16.1. The number of pyridine rings is 1. The van der Waals surface area contributed by atoms with Crippen LogP contribution in [0.2, 0.25) is 0 Å². The van der Waals surface area contributed by atoms with E-state index in [0.29, 0.717) is 0 Å². The third-order valence-electron chi connectivity index (χ3n) is 8.97. The lowest BCUT2D eigenvalue weighted by atomic mass is 9.88. The van der Waals surface area contributed by atoms with Gasteiger partial charge in [-0.3, -0.25) is 4.98 Å². The van der Waals surface area contributed by atoms with Crippen molar-refractivity contribution in [1.29, 1.82) is 0 Å². The molecule has 0 aliphatic carbocycles. The summed E-state index contributed by atoms with van der Waals surface area (Å²) in [5, 5.41) is 12.5. The van der Waals surface area contributed by atoms with E-state index in [2.05, 4.69) is 157 Å². The molecule has 0 saturated heterocycles. The molecule has 0 N–H and O–H groups in total. The number of hydrogen-bond acceptors (Lipinski definition) is 2. The summed E-state index contributed by atoms with van der Waals surface area (Å²) < 4.78 is 0. The van der Waals surface area contributed by atoms with Crippen LogP contribution in [0.25, 0.3) is 76.1 Å². The van der Waals surface area contributed by atoms with Crippen LogP contribution >= 0.6 is 11.8 Å². The maximum absolute atomic E-state index is 4.65. The molecule has 0 unspecified atom stereocenters. The molecule has 8 aromatic carbocycles. The van der Waals surface area contributed by atoms with Crippen LogP contribution in [0.15, 0.2) is 174 Å². The van der Waals surface area contributed by atoms with Crippen molar-refractivity contribution < 1.29 is 0 Å². The minimum absolute atomic E-state index is 1.17. The van der Waals surface area contributed by atoms with Crippen molar-refractivity contribution >= 4 is 65.6 Å². The van der Waals surface area contributed by atoms with Crippen LogP contribution in [0, 0.1) is 0 Å². The first kappa shape index (κ1) is 26.0. The van der Waals surface area contributed by atoms with Crippen molar-refractivity contribution in [2.24, 2.45) is 0 Å². The Morgan fingerprint density at radius 3 is 1.84 bits per heavy atom. The van der Waals surface area contributed by atoms with Gasteiger partial charge in [0.15, 0.2) is 0 Å². The second-order valence-corrected chi connectivity index (χ2v) is 12.6. The van der Waals surface area contributed by atoms with Gasteiger partial charge in [0.2, 0.25) is 0 Å². The number of nitrogens with zero attached hydrogens (tertiary/aromatic N) is 1. The maximum Gasteiger partial charge on any atom is 0.0353 e. The van der Waals surface area contributed by atoms with Crippen molar-refractivity contribution in [2.75, 3.05) is 0 Å². The van der Waals surface area contributed by atoms with E-state index in [1.807, 2.05) is 24.2 Å². The summed E-state index contributed by atoms with van der Waals surface area (Å²) in [6, 6.07) is 55.1. The first-order valence-electron chi connectivity index (χ1n) is 15.3. The van der Waals surface area contributed by atoms with Crippen molar-refractivity contribution in [3.63, 3.8) is 0 Å². The minimum atomic E-state index is 1.17. The molecule has 9 rings (SSSR count). The van der Waals surface area contributed by atoms with Crippen molar-refractivity contribution in [2.45, 2.75) is 9.79 Å². The molecule has 0 fully saturated rings. The highest BCUT2D eigenvalue weighted by Gasteiger charge is 2.19. The molecule has 1 heterocycles. The second-order valence-electron chi connectivity index (χ2n) is 11.6. The number of hydrogen-bond donors (Lipinski definition) is 0. The molecule has 1 aromatic heterocycles. The van der Waals surface area contributed by atoms with Crippen molar-refractivity contribution in [3.05, 3.63) is 164 Å². The van der Waals surface area contributed by atoms with Gasteiger partial charge in [-0.25, -0.2) is 0 Å². The Kier molecular flexibility index (Phi) is 6.14. The number of benzene rings is 8. The van der Waals surface area contributed by atoms with E-state index in [1.54, 1.807) is 0 Å². The molecule has 9 aromatic rings. The molecule has 0 amide bonds. The fraction of sp³-hybridized carbons (Fsp3) is 0. The third-order valence-corrected chi connectivity index (χ3v) is 10.1. The Labute approximate surface area is 265 Å². The van der Waals surface area contributed by atoms with Gasteiger partial charge in [-0.15, -0.1) is 0 Å². The normalized spacial score (nSPS) is 11.6. The quantitative estimate of drug-likeness (QED) is 0.150. The summed E-state index contributed by atoms with van der Waals surface area (Å²) in [4.78, 5) is 7.13. The summed E-state index contributed by atoms with van der Waals surface area (Å²) in [5.74, 6) is 0. The van der Waals surface area contributed by atoms with E-state index < -0.39 is 0 Å². The van der Waals surface area contributed by atoms with E-state index in [9.17, 15) is 0 Å². The predicted octanol–water partition coefficient (Wildman–Crippen LogP) is 12.3. The summed E-state index contributed by atoms with van der Waals surface area (Å²) in [6.07, 6.45) is 3.97. The highest BCUT2D eigenvalue weighted by molar-refractivity contribution is 7.99. The van der Waals surface area contributed by atoms with Crippen LogP contribution in [0.4, 0.5) is 0 Å². The summed E-state index contributed by atoms with van der Waals surface area (Å²) >= 11 is 1.84. The monoisotopic (exact) mass is 589 g/mol. The zero-order chi connectivity index (χ0) is 29.7.